The average molecular weight is 491 g/mol. The van der Waals surface area contributed by atoms with E-state index >= 15 is 0 Å². The Balaban J connectivity index is 0.00000306. The normalized spacial score (nSPS) is 18.8. The quantitative estimate of drug-likeness (QED) is 0.521. The summed E-state index contributed by atoms with van der Waals surface area (Å²) in [5.41, 5.74) is 2.91. The zero-order valence-electron chi connectivity index (χ0n) is 19.1. The molecule has 1 amide bonds. The maximum Gasteiger partial charge on any atom is 0.269 e. The third kappa shape index (κ3) is 4.95. The van der Waals surface area contributed by atoms with Crippen LogP contribution in [0.1, 0.15) is 41.3 Å². The van der Waals surface area contributed by atoms with Crippen LogP contribution in [0.3, 0.4) is 0 Å². The van der Waals surface area contributed by atoms with E-state index in [2.05, 4.69) is 24.0 Å². The predicted octanol–water partition coefficient (Wildman–Crippen LogP) is 4.09. The van der Waals surface area contributed by atoms with Crippen LogP contribution in [0.4, 0.5) is 0 Å². The molecule has 1 aliphatic carbocycles. The molecule has 1 aliphatic heterocycles. The van der Waals surface area contributed by atoms with Crippen molar-refractivity contribution in [2.75, 3.05) is 26.7 Å². The molecular weight excluding hydrogens is 460 g/mol. The molecule has 2 aromatic carbocycles. The Morgan fingerprint density at radius 1 is 1.15 bits per heavy atom. The second-order valence-electron chi connectivity index (χ2n) is 8.30. The Hall–Kier alpha value is -2.35. The fourth-order valence-electron chi connectivity index (χ4n) is 4.74. The lowest BCUT2D eigenvalue weighted by Crippen LogP contribution is -2.40. The van der Waals surface area contributed by atoms with E-state index in [-0.39, 0.29) is 29.4 Å². The molecule has 0 fully saturated rings. The van der Waals surface area contributed by atoms with Crippen LogP contribution >= 0.6 is 12.4 Å². The highest BCUT2D eigenvalue weighted by atomic mass is 35.5. The topological polar surface area (TPSA) is 66.9 Å². The van der Waals surface area contributed by atoms with Crippen molar-refractivity contribution in [3.63, 3.8) is 0 Å². The summed E-state index contributed by atoms with van der Waals surface area (Å²) < 4.78 is 31.9. The van der Waals surface area contributed by atoms with Crippen LogP contribution in [-0.4, -0.2) is 56.3 Å². The van der Waals surface area contributed by atoms with E-state index < -0.39 is 15.9 Å². The Kier molecular flexibility index (Phi) is 8.21. The summed E-state index contributed by atoms with van der Waals surface area (Å²) in [6, 6.07) is 13.1. The van der Waals surface area contributed by atoms with E-state index in [1.807, 2.05) is 12.1 Å². The Labute approximate surface area is 202 Å². The van der Waals surface area contributed by atoms with Gasteiger partial charge in [0.1, 0.15) is 10.6 Å². The number of hydrogen-bond donors (Lipinski definition) is 0. The summed E-state index contributed by atoms with van der Waals surface area (Å²) in [5.74, 6) is 0.503. The lowest BCUT2D eigenvalue weighted by atomic mass is 9.86. The number of sulfonamides is 1. The zero-order valence-corrected chi connectivity index (χ0v) is 20.7. The highest BCUT2D eigenvalue weighted by Gasteiger charge is 2.40. The summed E-state index contributed by atoms with van der Waals surface area (Å²) in [7, 11) is -2.04. The second kappa shape index (κ2) is 10.7. The summed E-state index contributed by atoms with van der Waals surface area (Å²) in [6.45, 7) is 3.90. The number of methoxy groups -OCH3 is 1. The van der Waals surface area contributed by atoms with Crippen molar-refractivity contribution < 1.29 is 17.9 Å². The van der Waals surface area contributed by atoms with E-state index in [9.17, 15) is 13.2 Å². The van der Waals surface area contributed by atoms with Crippen LogP contribution in [0.25, 0.3) is 0 Å². The molecule has 0 saturated carbocycles. The molecule has 0 aromatic heterocycles. The molecule has 33 heavy (non-hydrogen) atoms. The average Bonchev–Trinajstić information content (AvgIpc) is 3.00. The molecule has 178 valence electrons. The van der Waals surface area contributed by atoms with Gasteiger partial charge in [-0.1, -0.05) is 43.3 Å². The number of carbonyl (C=O) groups excluding carboxylic acids is 1. The van der Waals surface area contributed by atoms with Gasteiger partial charge in [0.25, 0.3) is 15.9 Å². The maximum atomic E-state index is 12.7. The number of benzene rings is 2. The SMILES string of the molecule is CCCN(C/C=C/CN1C(=O)c2ccccc2S1(=O)=O)C1CCc2cccc(OC)c2C1.Cl. The minimum atomic E-state index is -3.76. The molecule has 0 spiro atoms. The number of rotatable bonds is 8. The first-order valence-electron chi connectivity index (χ1n) is 11.2. The van der Waals surface area contributed by atoms with Gasteiger partial charge >= 0.3 is 0 Å². The van der Waals surface area contributed by atoms with Gasteiger partial charge < -0.3 is 4.74 Å². The molecule has 0 radical (unpaired) electrons. The molecule has 0 N–H and O–H groups in total. The van der Waals surface area contributed by atoms with Crippen LogP contribution in [0.15, 0.2) is 59.5 Å². The summed E-state index contributed by atoms with van der Waals surface area (Å²) in [5, 5.41) is 0. The van der Waals surface area contributed by atoms with Crippen molar-refractivity contribution in [3.05, 3.63) is 71.3 Å². The molecule has 0 bridgehead atoms. The van der Waals surface area contributed by atoms with Crippen molar-refractivity contribution in [3.8, 4) is 5.75 Å². The van der Waals surface area contributed by atoms with Crippen LogP contribution in [0, 0.1) is 0 Å². The predicted molar refractivity (Wildman–Crippen MR) is 132 cm³/mol. The Morgan fingerprint density at radius 2 is 1.94 bits per heavy atom. The van der Waals surface area contributed by atoms with Crippen molar-refractivity contribution in [1.82, 2.24) is 9.21 Å². The number of aryl methyl sites for hydroxylation is 1. The minimum absolute atomic E-state index is 0. The van der Waals surface area contributed by atoms with Crippen molar-refractivity contribution in [2.45, 2.75) is 43.5 Å². The lowest BCUT2D eigenvalue weighted by molar-refractivity contribution is 0.0880. The first-order valence-corrected chi connectivity index (χ1v) is 12.6. The third-order valence-electron chi connectivity index (χ3n) is 6.35. The summed E-state index contributed by atoms with van der Waals surface area (Å²) >= 11 is 0. The molecule has 6 nitrogen and oxygen atoms in total. The highest BCUT2D eigenvalue weighted by Crippen LogP contribution is 2.32. The van der Waals surface area contributed by atoms with E-state index in [4.69, 9.17) is 4.74 Å². The van der Waals surface area contributed by atoms with Gasteiger partial charge in [0.05, 0.1) is 19.2 Å². The fourth-order valence-corrected chi connectivity index (χ4v) is 6.26. The van der Waals surface area contributed by atoms with Crippen LogP contribution in [0.5, 0.6) is 5.75 Å². The van der Waals surface area contributed by atoms with Crippen LogP contribution in [0.2, 0.25) is 0 Å². The molecular formula is C25H31ClN2O4S. The minimum Gasteiger partial charge on any atom is -0.496 e. The lowest BCUT2D eigenvalue weighted by Gasteiger charge is -2.35. The van der Waals surface area contributed by atoms with E-state index in [0.29, 0.717) is 6.04 Å². The first-order chi connectivity index (χ1) is 15.5. The summed E-state index contributed by atoms with van der Waals surface area (Å²) in [4.78, 5) is 15.1. The number of hydrogen-bond acceptors (Lipinski definition) is 5. The molecule has 0 saturated heterocycles. The monoisotopic (exact) mass is 490 g/mol. The third-order valence-corrected chi connectivity index (χ3v) is 8.16. The van der Waals surface area contributed by atoms with Crippen LogP contribution < -0.4 is 4.74 Å². The number of amides is 1. The zero-order chi connectivity index (χ0) is 22.7. The number of fused-ring (bicyclic) bond motifs is 2. The van der Waals surface area contributed by atoms with Gasteiger partial charge in [0.15, 0.2) is 0 Å². The molecule has 1 atom stereocenters. The standard InChI is InChI=1S/C25H30N2O4S.ClH/c1-3-15-26(20-14-13-19-9-8-11-23(31-2)22(19)18-20)16-6-7-17-27-25(28)21-10-4-5-12-24(21)32(27,29)30;/h4-12,20H,3,13-18H2,1-2H3;1H/b7-6+;. The Bertz CT molecular complexity index is 1120. The largest absolute Gasteiger partial charge is 0.496 e. The molecule has 8 heteroatoms. The van der Waals surface area contributed by atoms with Gasteiger partial charge in [-0.25, -0.2) is 12.7 Å². The van der Waals surface area contributed by atoms with Gasteiger partial charge in [-0.05, 0) is 61.6 Å². The molecule has 1 heterocycles. The van der Waals surface area contributed by atoms with Gasteiger partial charge in [0, 0.05) is 12.6 Å². The van der Waals surface area contributed by atoms with Crippen LogP contribution in [-0.2, 0) is 22.9 Å². The van der Waals surface area contributed by atoms with Gasteiger partial charge in [-0.2, -0.15) is 0 Å². The number of carbonyl (C=O) groups is 1. The van der Waals surface area contributed by atoms with Gasteiger partial charge in [-0.3, -0.25) is 9.69 Å². The van der Waals surface area contributed by atoms with E-state index in [1.165, 1.54) is 17.2 Å². The van der Waals surface area contributed by atoms with E-state index in [0.717, 1.165) is 48.8 Å². The highest BCUT2D eigenvalue weighted by molar-refractivity contribution is 7.90. The van der Waals surface area contributed by atoms with Gasteiger partial charge in [0.2, 0.25) is 0 Å². The van der Waals surface area contributed by atoms with Crippen molar-refractivity contribution >= 4 is 28.3 Å². The Morgan fingerprint density at radius 3 is 2.67 bits per heavy atom. The molecule has 1 unspecified atom stereocenters. The molecule has 4 rings (SSSR count). The fraction of sp³-hybridized carbons (Fsp3) is 0.400. The van der Waals surface area contributed by atoms with Crippen molar-refractivity contribution in [2.24, 2.45) is 0 Å². The maximum absolute atomic E-state index is 12.7. The second-order valence-corrected chi connectivity index (χ2v) is 10.1. The first kappa shape index (κ1) is 25.3. The molecule has 2 aliphatic rings. The smallest absolute Gasteiger partial charge is 0.269 e. The number of nitrogens with zero attached hydrogens (tertiary/aromatic N) is 2. The number of halogens is 1. The van der Waals surface area contributed by atoms with Crippen molar-refractivity contribution in [1.29, 1.82) is 0 Å². The molecule has 2 aromatic rings. The van der Waals surface area contributed by atoms with Gasteiger partial charge in [-0.15, -0.1) is 12.4 Å². The number of ether oxygens (including phenoxy) is 1. The van der Waals surface area contributed by atoms with E-state index in [1.54, 1.807) is 31.4 Å². The summed E-state index contributed by atoms with van der Waals surface area (Å²) in [6.07, 6.45) is 7.88.